The molecule has 0 saturated heterocycles. The number of hydrogen-bond acceptors (Lipinski definition) is 5. The zero-order valence-corrected chi connectivity index (χ0v) is 10.7. The lowest BCUT2D eigenvalue weighted by Crippen LogP contribution is -2.24. The zero-order chi connectivity index (χ0) is 13.7. The van der Waals surface area contributed by atoms with Crippen LogP contribution in [0.4, 0.5) is 11.4 Å². The van der Waals surface area contributed by atoms with Gasteiger partial charge in [-0.1, -0.05) is 0 Å². The summed E-state index contributed by atoms with van der Waals surface area (Å²) >= 11 is 0. The fourth-order valence-electron chi connectivity index (χ4n) is 1.38. The topological polar surface area (TPSA) is 84.7 Å². The summed E-state index contributed by atoms with van der Waals surface area (Å²) in [5.41, 5.74) is 7.14. The second kappa shape index (κ2) is 5.90. The van der Waals surface area contributed by atoms with E-state index in [9.17, 15) is 9.59 Å². The molecule has 1 amide bonds. The highest BCUT2D eigenvalue weighted by Crippen LogP contribution is 2.20. The van der Waals surface area contributed by atoms with Gasteiger partial charge >= 0.3 is 5.97 Å². The molecule has 0 bridgehead atoms. The zero-order valence-electron chi connectivity index (χ0n) is 10.7. The van der Waals surface area contributed by atoms with Crippen LogP contribution in [-0.2, 0) is 9.53 Å². The second-order valence-corrected chi connectivity index (χ2v) is 3.93. The summed E-state index contributed by atoms with van der Waals surface area (Å²) in [4.78, 5) is 24.4. The van der Waals surface area contributed by atoms with Crippen molar-refractivity contribution in [2.75, 3.05) is 38.8 Å². The lowest BCUT2D eigenvalue weighted by molar-refractivity contribution is -0.138. The minimum absolute atomic E-state index is 0.0202. The van der Waals surface area contributed by atoms with Crippen LogP contribution in [0.3, 0.4) is 0 Å². The first-order valence-electron chi connectivity index (χ1n) is 5.37. The minimum atomic E-state index is -0.416. The standard InChI is InChI=1S/C12H17N3O3/c1-15(2)12(17)9-5-4-8(13)6-10(9)14-7-11(16)18-3/h4-6,14H,7,13H2,1-3H3. The number of nitrogens with zero attached hydrogens (tertiary/aromatic N) is 1. The van der Waals surface area contributed by atoms with E-state index in [4.69, 9.17) is 5.73 Å². The van der Waals surface area contributed by atoms with Crippen molar-refractivity contribution in [3.63, 3.8) is 0 Å². The Hall–Kier alpha value is -2.24. The predicted octanol–water partition coefficient (Wildman–Crippen LogP) is 0.555. The molecule has 0 aliphatic rings. The molecule has 0 unspecified atom stereocenters. The van der Waals surface area contributed by atoms with Crippen molar-refractivity contribution in [3.8, 4) is 0 Å². The SMILES string of the molecule is COC(=O)CNc1cc(N)ccc1C(=O)N(C)C. The van der Waals surface area contributed by atoms with E-state index in [2.05, 4.69) is 10.1 Å². The number of nitrogens with two attached hydrogens (primary N) is 1. The maximum absolute atomic E-state index is 11.9. The molecule has 0 radical (unpaired) electrons. The quantitative estimate of drug-likeness (QED) is 0.603. The van der Waals surface area contributed by atoms with Gasteiger partial charge in [0.25, 0.3) is 5.91 Å². The number of nitrogens with one attached hydrogen (secondary N) is 1. The van der Waals surface area contributed by atoms with Crippen LogP contribution in [0.15, 0.2) is 18.2 Å². The van der Waals surface area contributed by atoms with Crippen LogP contribution in [0.25, 0.3) is 0 Å². The average Bonchev–Trinajstić information content (AvgIpc) is 2.35. The number of amides is 1. The summed E-state index contributed by atoms with van der Waals surface area (Å²) in [5, 5.41) is 2.84. The third kappa shape index (κ3) is 3.38. The van der Waals surface area contributed by atoms with E-state index in [0.29, 0.717) is 16.9 Å². The van der Waals surface area contributed by atoms with E-state index < -0.39 is 5.97 Å². The molecule has 1 aromatic carbocycles. The summed E-state index contributed by atoms with van der Waals surface area (Å²) in [5.74, 6) is -0.581. The smallest absolute Gasteiger partial charge is 0.325 e. The van der Waals surface area contributed by atoms with E-state index in [-0.39, 0.29) is 12.5 Å². The number of rotatable bonds is 4. The Balaban J connectivity index is 2.97. The first-order valence-corrected chi connectivity index (χ1v) is 5.37. The largest absolute Gasteiger partial charge is 0.468 e. The van der Waals surface area contributed by atoms with Gasteiger partial charge in [0.1, 0.15) is 6.54 Å². The molecule has 6 heteroatoms. The van der Waals surface area contributed by atoms with Crippen LogP contribution in [0.5, 0.6) is 0 Å². The monoisotopic (exact) mass is 251 g/mol. The molecule has 0 saturated carbocycles. The van der Waals surface area contributed by atoms with E-state index in [0.717, 1.165) is 0 Å². The molecule has 98 valence electrons. The van der Waals surface area contributed by atoms with Gasteiger partial charge in [0.15, 0.2) is 0 Å². The number of hydrogen-bond donors (Lipinski definition) is 2. The summed E-state index contributed by atoms with van der Waals surface area (Å²) in [6.45, 7) is -0.0202. The third-order valence-corrected chi connectivity index (χ3v) is 2.33. The fraction of sp³-hybridized carbons (Fsp3) is 0.333. The number of benzene rings is 1. The van der Waals surface area contributed by atoms with Crippen molar-refractivity contribution in [1.29, 1.82) is 0 Å². The van der Waals surface area contributed by atoms with Crippen molar-refractivity contribution in [2.45, 2.75) is 0 Å². The Labute approximate surface area is 106 Å². The van der Waals surface area contributed by atoms with Crippen LogP contribution < -0.4 is 11.1 Å². The summed E-state index contributed by atoms with van der Waals surface area (Å²) in [7, 11) is 4.61. The van der Waals surface area contributed by atoms with Crippen LogP contribution in [0.2, 0.25) is 0 Å². The number of nitrogen functional groups attached to an aromatic ring is 1. The molecule has 1 aromatic rings. The molecule has 0 spiro atoms. The van der Waals surface area contributed by atoms with Crippen LogP contribution >= 0.6 is 0 Å². The second-order valence-electron chi connectivity index (χ2n) is 3.93. The van der Waals surface area contributed by atoms with Crippen molar-refractivity contribution < 1.29 is 14.3 Å². The molecule has 0 aliphatic carbocycles. The van der Waals surface area contributed by atoms with Crippen molar-refractivity contribution >= 4 is 23.3 Å². The Morgan fingerprint density at radius 3 is 2.61 bits per heavy atom. The molecule has 0 heterocycles. The molecule has 0 fully saturated rings. The van der Waals surface area contributed by atoms with Gasteiger partial charge in [0.05, 0.1) is 12.7 Å². The van der Waals surface area contributed by atoms with E-state index in [1.54, 1.807) is 32.3 Å². The maximum atomic E-state index is 11.9. The summed E-state index contributed by atoms with van der Waals surface area (Å²) in [6.07, 6.45) is 0. The van der Waals surface area contributed by atoms with Crippen molar-refractivity contribution in [3.05, 3.63) is 23.8 Å². The van der Waals surface area contributed by atoms with E-state index in [1.165, 1.54) is 12.0 Å². The van der Waals surface area contributed by atoms with Gasteiger partial charge in [-0.25, -0.2) is 0 Å². The molecular formula is C12H17N3O3. The Morgan fingerprint density at radius 1 is 1.39 bits per heavy atom. The molecule has 1 rings (SSSR count). The van der Waals surface area contributed by atoms with Gasteiger partial charge < -0.3 is 20.7 Å². The predicted molar refractivity (Wildman–Crippen MR) is 69.4 cm³/mol. The van der Waals surface area contributed by atoms with Gasteiger partial charge in [-0.15, -0.1) is 0 Å². The maximum Gasteiger partial charge on any atom is 0.325 e. The minimum Gasteiger partial charge on any atom is -0.468 e. The van der Waals surface area contributed by atoms with Gasteiger partial charge in [-0.05, 0) is 18.2 Å². The first-order chi connectivity index (χ1) is 8.45. The van der Waals surface area contributed by atoms with Gasteiger partial charge in [-0.2, -0.15) is 0 Å². The number of ether oxygens (including phenoxy) is 1. The molecular weight excluding hydrogens is 234 g/mol. The van der Waals surface area contributed by atoms with Crippen molar-refractivity contribution in [2.24, 2.45) is 0 Å². The lowest BCUT2D eigenvalue weighted by atomic mass is 10.1. The number of esters is 1. The Kier molecular flexibility index (Phi) is 4.53. The van der Waals surface area contributed by atoms with Gasteiger partial charge in [0, 0.05) is 25.5 Å². The molecule has 3 N–H and O–H groups in total. The molecule has 6 nitrogen and oxygen atoms in total. The molecule has 18 heavy (non-hydrogen) atoms. The Bertz CT molecular complexity index is 458. The van der Waals surface area contributed by atoms with E-state index >= 15 is 0 Å². The Morgan fingerprint density at radius 2 is 2.06 bits per heavy atom. The number of anilines is 2. The van der Waals surface area contributed by atoms with Crippen LogP contribution in [0, 0.1) is 0 Å². The van der Waals surface area contributed by atoms with E-state index in [1.807, 2.05) is 0 Å². The van der Waals surface area contributed by atoms with Crippen LogP contribution in [-0.4, -0.2) is 44.5 Å². The highest BCUT2D eigenvalue weighted by molar-refractivity contribution is 6.00. The number of methoxy groups -OCH3 is 1. The highest BCUT2D eigenvalue weighted by atomic mass is 16.5. The summed E-state index contributed by atoms with van der Waals surface area (Å²) in [6, 6.07) is 4.87. The molecule has 0 atom stereocenters. The van der Waals surface area contributed by atoms with Gasteiger partial charge in [0.2, 0.25) is 0 Å². The third-order valence-electron chi connectivity index (χ3n) is 2.33. The lowest BCUT2D eigenvalue weighted by Gasteiger charge is -2.15. The first kappa shape index (κ1) is 13.8. The van der Waals surface area contributed by atoms with Crippen LogP contribution in [0.1, 0.15) is 10.4 Å². The highest BCUT2D eigenvalue weighted by Gasteiger charge is 2.14. The molecule has 0 aliphatic heterocycles. The normalized spacial score (nSPS) is 9.72. The molecule has 0 aromatic heterocycles. The van der Waals surface area contributed by atoms with Crippen molar-refractivity contribution in [1.82, 2.24) is 4.90 Å². The number of carbonyl (C=O) groups excluding carboxylic acids is 2. The van der Waals surface area contributed by atoms with Gasteiger partial charge in [-0.3, -0.25) is 9.59 Å². The summed E-state index contributed by atoms with van der Waals surface area (Å²) < 4.78 is 4.52. The fourth-order valence-corrected chi connectivity index (χ4v) is 1.38. The number of carbonyl (C=O) groups is 2. The average molecular weight is 251 g/mol.